The molecule has 2 aliphatic rings. The topological polar surface area (TPSA) is 45.2 Å². The predicted molar refractivity (Wildman–Crippen MR) is 98.5 cm³/mol. The van der Waals surface area contributed by atoms with Crippen molar-refractivity contribution in [3.8, 4) is 10.7 Å². The maximum Gasteiger partial charge on any atom is 0.208 e. The number of piperidine rings is 2. The van der Waals surface area contributed by atoms with E-state index >= 15 is 0 Å². The number of nitrogens with zero attached hydrogens (tertiary/aromatic N) is 5. The summed E-state index contributed by atoms with van der Waals surface area (Å²) >= 11 is 1.67. The monoisotopic (exact) mass is 343 g/mol. The van der Waals surface area contributed by atoms with Crippen LogP contribution in [-0.2, 0) is 0 Å². The average molecular weight is 344 g/mol. The highest BCUT2D eigenvalue weighted by Crippen LogP contribution is 2.30. The Balaban J connectivity index is 1.39. The Morgan fingerprint density at radius 2 is 1.79 bits per heavy atom. The van der Waals surface area contributed by atoms with Gasteiger partial charge in [-0.2, -0.15) is 0 Å². The van der Waals surface area contributed by atoms with E-state index < -0.39 is 0 Å². The molecule has 6 heteroatoms. The van der Waals surface area contributed by atoms with Gasteiger partial charge in [-0.3, -0.25) is 4.98 Å². The van der Waals surface area contributed by atoms with Crippen LogP contribution in [0.25, 0.3) is 10.7 Å². The molecule has 0 spiro atoms. The zero-order valence-corrected chi connectivity index (χ0v) is 15.1. The summed E-state index contributed by atoms with van der Waals surface area (Å²) in [7, 11) is 0. The van der Waals surface area contributed by atoms with Crippen molar-refractivity contribution < 1.29 is 0 Å². The third-order valence-electron chi connectivity index (χ3n) is 5.16. The maximum absolute atomic E-state index is 4.56. The second-order valence-electron chi connectivity index (χ2n) is 6.87. The fourth-order valence-corrected chi connectivity index (χ4v) is 4.68. The molecule has 0 unspecified atom stereocenters. The van der Waals surface area contributed by atoms with Gasteiger partial charge in [-0.1, -0.05) is 23.8 Å². The van der Waals surface area contributed by atoms with Crippen LogP contribution < -0.4 is 4.90 Å². The molecular formula is C18H25N5S. The summed E-state index contributed by atoms with van der Waals surface area (Å²) in [6.07, 6.45) is 6.66. The normalized spacial score (nSPS) is 20.5. The molecule has 0 N–H and O–H groups in total. The van der Waals surface area contributed by atoms with Gasteiger partial charge in [0.25, 0.3) is 0 Å². The minimum atomic E-state index is 0.771. The molecule has 128 valence electrons. The summed E-state index contributed by atoms with van der Waals surface area (Å²) < 4.78 is 0. The van der Waals surface area contributed by atoms with Gasteiger partial charge in [0.05, 0.1) is 0 Å². The minimum Gasteiger partial charge on any atom is -0.347 e. The van der Waals surface area contributed by atoms with Crippen LogP contribution in [0.1, 0.15) is 37.8 Å². The Morgan fingerprint density at radius 3 is 2.54 bits per heavy atom. The van der Waals surface area contributed by atoms with Crippen molar-refractivity contribution in [1.82, 2.24) is 20.1 Å². The zero-order chi connectivity index (χ0) is 16.4. The lowest BCUT2D eigenvalue weighted by Crippen LogP contribution is -2.46. The Morgan fingerprint density at radius 1 is 1.00 bits per heavy atom. The summed E-state index contributed by atoms with van der Waals surface area (Å²) in [6, 6.07) is 6.83. The molecule has 2 fully saturated rings. The van der Waals surface area contributed by atoms with Crippen molar-refractivity contribution in [3.05, 3.63) is 23.9 Å². The number of aromatic nitrogens is 3. The first-order valence-electron chi connectivity index (χ1n) is 9.06. The molecule has 0 atom stereocenters. The van der Waals surface area contributed by atoms with Crippen LogP contribution >= 0.6 is 11.3 Å². The first-order valence-corrected chi connectivity index (χ1v) is 9.88. The molecule has 0 radical (unpaired) electrons. The molecule has 0 amide bonds. The number of anilines is 1. The van der Waals surface area contributed by atoms with E-state index in [2.05, 4.69) is 25.0 Å². The Bertz CT molecular complexity index is 672. The molecule has 2 aromatic heterocycles. The summed E-state index contributed by atoms with van der Waals surface area (Å²) in [5, 5.41) is 10.8. The quantitative estimate of drug-likeness (QED) is 0.855. The second-order valence-corrected chi connectivity index (χ2v) is 7.82. The molecule has 0 aromatic carbocycles. The molecule has 24 heavy (non-hydrogen) atoms. The van der Waals surface area contributed by atoms with E-state index in [1.54, 1.807) is 11.3 Å². The smallest absolute Gasteiger partial charge is 0.208 e. The Labute approximate surface area is 147 Å². The van der Waals surface area contributed by atoms with Gasteiger partial charge in [0.1, 0.15) is 5.69 Å². The van der Waals surface area contributed by atoms with Crippen LogP contribution in [0.3, 0.4) is 0 Å². The SMILES string of the molecule is Cc1cccc(-c2nnc(N3CCC(N4CCCCC4)CC3)s2)n1. The number of pyridine rings is 1. The van der Waals surface area contributed by atoms with Crippen LogP contribution in [-0.4, -0.2) is 52.3 Å². The zero-order valence-electron chi connectivity index (χ0n) is 14.3. The summed E-state index contributed by atoms with van der Waals surface area (Å²) in [5.74, 6) is 0. The lowest BCUT2D eigenvalue weighted by atomic mass is 10.0. The van der Waals surface area contributed by atoms with E-state index in [0.717, 1.165) is 40.7 Å². The lowest BCUT2D eigenvalue weighted by molar-refractivity contribution is 0.141. The molecular weight excluding hydrogens is 318 g/mol. The molecule has 0 bridgehead atoms. The largest absolute Gasteiger partial charge is 0.347 e. The van der Waals surface area contributed by atoms with Gasteiger partial charge in [0.15, 0.2) is 5.01 Å². The van der Waals surface area contributed by atoms with Crippen LogP contribution in [0.4, 0.5) is 5.13 Å². The fraction of sp³-hybridized carbons (Fsp3) is 0.611. The average Bonchev–Trinajstić information content (AvgIpc) is 3.13. The van der Waals surface area contributed by atoms with Crippen LogP contribution in [0.5, 0.6) is 0 Å². The molecule has 0 saturated carbocycles. The molecule has 2 saturated heterocycles. The molecule has 2 aromatic rings. The van der Waals surface area contributed by atoms with E-state index in [9.17, 15) is 0 Å². The number of hydrogen-bond acceptors (Lipinski definition) is 6. The summed E-state index contributed by atoms with van der Waals surface area (Å²) in [4.78, 5) is 9.67. The van der Waals surface area contributed by atoms with Crippen molar-refractivity contribution >= 4 is 16.5 Å². The van der Waals surface area contributed by atoms with Gasteiger partial charge in [0.2, 0.25) is 5.13 Å². The van der Waals surface area contributed by atoms with E-state index in [-0.39, 0.29) is 0 Å². The van der Waals surface area contributed by atoms with E-state index in [4.69, 9.17) is 0 Å². The molecule has 4 heterocycles. The molecule has 4 rings (SSSR count). The predicted octanol–water partition coefficient (Wildman–Crippen LogP) is 3.36. The molecule has 0 aliphatic carbocycles. The minimum absolute atomic E-state index is 0.771. The number of rotatable bonds is 3. The van der Waals surface area contributed by atoms with Gasteiger partial charge in [0, 0.05) is 24.8 Å². The van der Waals surface area contributed by atoms with Gasteiger partial charge in [-0.15, -0.1) is 10.2 Å². The number of likely N-dealkylation sites (tertiary alicyclic amines) is 1. The van der Waals surface area contributed by atoms with Crippen LogP contribution in [0.15, 0.2) is 18.2 Å². The number of hydrogen-bond donors (Lipinski definition) is 0. The first kappa shape index (κ1) is 16.0. The highest BCUT2D eigenvalue weighted by Gasteiger charge is 2.27. The first-order chi connectivity index (χ1) is 11.8. The fourth-order valence-electron chi connectivity index (χ4n) is 3.81. The van der Waals surface area contributed by atoms with Crippen molar-refractivity contribution in [2.24, 2.45) is 0 Å². The third kappa shape index (κ3) is 3.44. The van der Waals surface area contributed by atoms with Crippen molar-refractivity contribution in [1.29, 1.82) is 0 Å². The standard InChI is InChI=1S/C18H25N5S/c1-14-6-5-7-16(19-14)17-20-21-18(24-17)23-12-8-15(9-13-23)22-10-3-2-4-11-22/h5-7,15H,2-4,8-13H2,1H3. The third-order valence-corrected chi connectivity index (χ3v) is 6.17. The summed E-state index contributed by atoms with van der Waals surface area (Å²) in [6.45, 7) is 6.80. The van der Waals surface area contributed by atoms with E-state index in [1.807, 2.05) is 25.1 Å². The van der Waals surface area contributed by atoms with Crippen molar-refractivity contribution in [2.45, 2.75) is 45.1 Å². The highest BCUT2D eigenvalue weighted by atomic mass is 32.1. The Hall–Kier alpha value is -1.53. The van der Waals surface area contributed by atoms with Gasteiger partial charge in [-0.25, -0.2) is 0 Å². The van der Waals surface area contributed by atoms with E-state index in [0.29, 0.717) is 0 Å². The number of aryl methyl sites for hydroxylation is 1. The molecule has 2 aliphatic heterocycles. The summed E-state index contributed by atoms with van der Waals surface area (Å²) in [5.41, 5.74) is 1.95. The highest BCUT2D eigenvalue weighted by molar-refractivity contribution is 7.18. The second kappa shape index (κ2) is 7.15. The van der Waals surface area contributed by atoms with Crippen LogP contribution in [0.2, 0.25) is 0 Å². The van der Waals surface area contributed by atoms with Gasteiger partial charge < -0.3 is 9.80 Å². The Kier molecular flexibility index (Phi) is 4.76. The van der Waals surface area contributed by atoms with Gasteiger partial charge >= 0.3 is 0 Å². The molecule has 5 nitrogen and oxygen atoms in total. The van der Waals surface area contributed by atoms with Crippen LogP contribution in [0, 0.1) is 6.92 Å². The van der Waals surface area contributed by atoms with Gasteiger partial charge in [-0.05, 0) is 57.8 Å². The van der Waals surface area contributed by atoms with E-state index in [1.165, 1.54) is 45.2 Å². The lowest BCUT2D eigenvalue weighted by Gasteiger charge is -2.40. The van der Waals surface area contributed by atoms with Crippen molar-refractivity contribution in [3.63, 3.8) is 0 Å². The van der Waals surface area contributed by atoms with Crippen molar-refractivity contribution in [2.75, 3.05) is 31.1 Å². The maximum atomic E-state index is 4.56.